The molecule has 0 saturated carbocycles. The Balaban J connectivity index is 1.68. The van der Waals surface area contributed by atoms with Crippen molar-refractivity contribution in [2.24, 2.45) is 4.99 Å². The Hall–Kier alpha value is -3.11. The number of rotatable bonds is 7. The average Bonchev–Trinajstić information content (AvgIpc) is 3.20. The summed E-state index contributed by atoms with van der Waals surface area (Å²) in [5.74, 6) is -0.0113. The molecule has 4 rings (SSSR count). The summed E-state index contributed by atoms with van der Waals surface area (Å²) in [4.78, 5) is 17.7. The molecule has 11 heteroatoms. The van der Waals surface area contributed by atoms with Crippen molar-refractivity contribution < 1.29 is 17.9 Å². The van der Waals surface area contributed by atoms with Gasteiger partial charge in [0.15, 0.2) is 4.80 Å². The number of hydrogen-bond acceptors (Lipinski definition) is 5. The van der Waals surface area contributed by atoms with Crippen LogP contribution in [0.15, 0.2) is 83.2 Å². The largest absolute Gasteiger partial charge is 0.497 e. The number of benzene rings is 3. The Kier molecular flexibility index (Phi) is 7.32. The van der Waals surface area contributed by atoms with Crippen LogP contribution in [0.25, 0.3) is 10.2 Å². The molecule has 35 heavy (non-hydrogen) atoms. The predicted octanol–water partition coefficient (Wildman–Crippen LogP) is 5.75. The molecule has 0 spiro atoms. The number of carbonyl (C=O) groups is 1. The summed E-state index contributed by atoms with van der Waals surface area (Å²) < 4.78 is 35.5. The SMILES string of the molecule is C=CCn1c(=NC(=O)c2cccc(NS(=O)(=O)c3ccc(OC)cc3)c2)sc2c(Cl)ccc(Cl)c21. The molecule has 7 nitrogen and oxygen atoms in total. The van der Waals surface area contributed by atoms with Crippen molar-refractivity contribution >= 4 is 66.4 Å². The van der Waals surface area contributed by atoms with Crippen LogP contribution in [0.3, 0.4) is 0 Å². The number of amides is 1. The number of nitrogens with one attached hydrogen (secondary N) is 1. The zero-order valence-electron chi connectivity index (χ0n) is 18.4. The maximum atomic E-state index is 13.0. The van der Waals surface area contributed by atoms with E-state index in [-0.39, 0.29) is 16.1 Å². The summed E-state index contributed by atoms with van der Waals surface area (Å²) in [6.07, 6.45) is 1.67. The molecule has 0 aliphatic rings. The molecule has 3 aromatic carbocycles. The van der Waals surface area contributed by atoms with Gasteiger partial charge in [0.2, 0.25) is 0 Å². The van der Waals surface area contributed by atoms with Gasteiger partial charge in [-0.1, -0.05) is 46.7 Å². The van der Waals surface area contributed by atoms with Crippen molar-refractivity contribution in [3.05, 3.63) is 93.7 Å². The number of thiazole rings is 1. The van der Waals surface area contributed by atoms with E-state index >= 15 is 0 Å². The second-order valence-corrected chi connectivity index (χ2v) is 10.7. The third kappa shape index (κ3) is 5.28. The van der Waals surface area contributed by atoms with Crippen LogP contribution in [0.5, 0.6) is 5.75 Å². The number of allylic oxidation sites excluding steroid dienone is 1. The van der Waals surface area contributed by atoms with Crippen LogP contribution in [-0.2, 0) is 16.6 Å². The number of sulfonamides is 1. The molecule has 0 atom stereocenters. The fraction of sp³-hybridized carbons (Fsp3) is 0.0833. The monoisotopic (exact) mass is 547 g/mol. The Morgan fingerprint density at radius 1 is 1.14 bits per heavy atom. The Labute approximate surface area is 216 Å². The van der Waals surface area contributed by atoms with Crippen LogP contribution >= 0.6 is 34.5 Å². The summed E-state index contributed by atoms with van der Waals surface area (Å²) in [5.41, 5.74) is 1.10. The van der Waals surface area contributed by atoms with Crippen molar-refractivity contribution in [3.63, 3.8) is 0 Å². The van der Waals surface area contributed by atoms with Gasteiger partial charge in [0.1, 0.15) is 5.75 Å². The van der Waals surface area contributed by atoms with Gasteiger partial charge in [0, 0.05) is 17.8 Å². The molecule has 1 N–H and O–H groups in total. The highest BCUT2D eigenvalue weighted by molar-refractivity contribution is 7.92. The van der Waals surface area contributed by atoms with Crippen LogP contribution in [-0.4, -0.2) is 26.0 Å². The summed E-state index contributed by atoms with van der Waals surface area (Å²) in [7, 11) is -2.37. The molecule has 180 valence electrons. The summed E-state index contributed by atoms with van der Waals surface area (Å²) in [6, 6.07) is 15.4. The van der Waals surface area contributed by atoms with Gasteiger partial charge < -0.3 is 9.30 Å². The first-order valence-electron chi connectivity index (χ1n) is 10.2. The minimum atomic E-state index is -3.87. The Bertz CT molecular complexity index is 1610. The van der Waals surface area contributed by atoms with Gasteiger partial charge in [-0.2, -0.15) is 4.99 Å². The molecular formula is C24H19Cl2N3O4S2. The molecule has 1 aromatic heterocycles. The lowest BCUT2D eigenvalue weighted by molar-refractivity contribution is 0.0998. The van der Waals surface area contributed by atoms with E-state index in [2.05, 4.69) is 16.3 Å². The molecule has 0 unspecified atom stereocenters. The van der Waals surface area contributed by atoms with Crippen molar-refractivity contribution in [3.8, 4) is 5.75 Å². The predicted molar refractivity (Wildman–Crippen MR) is 140 cm³/mol. The normalized spacial score (nSPS) is 12.0. The molecule has 0 aliphatic heterocycles. The minimum Gasteiger partial charge on any atom is -0.497 e. The number of fused-ring (bicyclic) bond motifs is 1. The van der Waals surface area contributed by atoms with E-state index in [1.54, 1.807) is 53.1 Å². The molecule has 1 amide bonds. The first-order valence-corrected chi connectivity index (χ1v) is 13.2. The fourth-order valence-electron chi connectivity index (χ4n) is 3.33. The molecule has 4 aromatic rings. The molecule has 0 radical (unpaired) electrons. The van der Waals surface area contributed by atoms with E-state index in [4.69, 9.17) is 27.9 Å². The fourth-order valence-corrected chi connectivity index (χ4v) is 6.03. The molecule has 0 bridgehead atoms. The number of nitrogens with zero attached hydrogens (tertiary/aromatic N) is 2. The average molecular weight is 548 g/mol. The quantitative estimate of drug-likeness (QED) is 0.298. The van der Waals surface area contributed by atoms with E-state index < -0.39 is 15.9 Å². The molecule has 0 saturated heterocycles. The lowest BCUT2D eigenvalue weighted by Crippen LogP contribution is -2.17. The van der Waals surface area contributed by atoms with E-state index in [1.165, 1.54) is 36.6 Å². The second kappa shape index (κ2) is 10.2. The maximum Gasteiger partial charge on any atom is 0.279 e. The molecule has 0 fully saturated rings. The first-order chi connectivity index (χ1) is 16.7. The maximum absolute atomic E-state index is 13.0. The third-order valence-corrected chi connectivity index (χ3v) is 8.21. The van der Waals surface area contributed by atoms with Crippen LogP contribution in [0, 0.1) is 0 Å². The van der Waals surface area contributed by atoms with E-state index in [0.29, 0.717) is 37.4 Å². The van der Waals surface area contributed by atoms with Gasteiger partial charge in [-0.3, -0.25) is 9.52 Å². The van der Waals surface area contributed by atoms with Crippen LogP contribution in [0.1, 0.15) is 10.4 Å². The van der Waals surface area contributed by atoms with Crippen molar-refractivity contribution in [2.45, 2.75) is 11.4 Å². The third-order valence-electron chi connectivity index (χ3n) is 4.97. The Morgan fingerprint density at radius 3 is 2.54 bits per heavy atom. The zero-order valence-corrected chi connectivity index (χ0v) is 21.5. The number of anilines is 1. The summed E-state index contributed by atoms with van der Waals surface area (Å²) in [6.45, 7) is 4.13. The van der Waals surface area contributed by atoms with Crippen molar-refractivity contribution in [1.82, 2.24) is 4.57 Å². The van der Waals surface area contributed by atoms with Gasteiger partial charge >= 0.3 is 0 Å². The van der Waals surface area contributed by atoms with Gasteiger partial charge in [0.05, 0.1) is 32.3 Å². The Morgan fingerprint density at radius 2 is 1.86 bits per heavy atom. The summed E-state index contributed by atoms with van der Waals surface area (Å²) in [5, 5.41) is 0.974. The standard InChI is InChI=1S/C24H19Cl2N3O4S2/c1-3-13-29-21-19(25)11-12-20(26)22(21)34-24(29)27-23(30)15-5-4-6-16(14-15)28-35(31,32)18-9-7-17(33-2)8-10-18/h3-12,14,28H,1,13H2,2H3. The van der Waals surface area contributed by atoms with Crippen LogP contribution in [0.2, 0.25) is 10.0 Å². The van der Waals surface area contributed by atoms with Crippen molar-refractivity contribution in [2.75, 3.05) is 11.8 Å². The highest BCUT2D eigenvalue weighted by atomic mass is 35.5. The van der Waals surface area contributed by atoms with Gasteiger partial charge in [-0.05, 0) is 54.6 Å². The van der Waals surface area contributed by atoms with Gasteiger partial charge in [-0.15, -0.1) is 6.58 Å². The number of methoxy groups -OCH3 is 1. The number of aromatic nitrogens is 1. The highest BCUT2D eigenvalue weighted by Crippen LogP contribution is 2.32. The second-order valence-electron chi connectivity index (χ2n) is 7.27. The van der Waals surface area contributed by atoms with Gasteiger partial charge in [-0.25, -0.2) is 8.42 Å². The number of carbonyl (C=O) groups excluding carboxylic acids is 1. The smallest absolute Gasteiger partial charge is 0.279 e. The van der Waals surface area contributed by atoms with Crippen LogP contribution in [0.4, 0.5) is 5.69 Å². The molecule has 1 heterocycles. The minimum absolute atomic E-state index is 0.0595. The van der Waals surface area contributed by atoms with E-state index in [0.717, 1.165) is 0 Å². The topological polar surface area (TPSA) is 89.8 Å². The number of hydrogen-bond donors (Lipinski definition) is 1. The van der Waals surface area contributed by atoms with Crippen LogP contribution < -0.4 is 14.3 Å². The van der Waals surface area contributed by atoms with Crippen molar-refractivity contribution in [1.29, 1.82) is 0 Å². The lowest BCUT2D eigenvalue weighted by atomic mass is 10.2. The molecule has 0 aliphatic carbocycles. The number of ether oxygens (including phenoxy) is 1. The number of halogens is 2. The van der Waals surface area contributed by atoms with Gasteiger partial charge in [0.25, 0.3) is 15.9 Å². The molecular weight excluding hydrogens is 529 g/mol. The first kappa shape index (κ1) is 25.0. The van der Waals surface area contributed by atoms with E-state index in [1.807, 2.05) is 0 Å². The highest BCUT2D eigenvalue weighted by Gasteiger charge is 2.17. The van der Waals surface area contributed by atoms with E-state index in [9.17, 15) is 13.2 Å². The zero-order chi connectivity index (χ0) is 25.2. The lowest BCUT2D eigenvalue weighted by Gasteiger charge is -2.09. The summed E-state index contributed by atoms with van der Waals surface area (Å²) >= 11 is 13.9.